The lowest BCUT2D eigenvalue weighted by molar-refractivity contribution is -0.128. The highest BCUT2D eigenvalue weighted by molar-refractivity contribution is 6.30. The van der Waals surface area contributed by atoms with Crippen LogP contribution in [0.5, 0.6) is 5.75 Å². The Labute approximate surface area is 154 Å². The Morgan fingerprint density at radius 3 is 2.76 bits per heavy atom. The van der Waals surface area contributed by atoms with Crippen molar-refractivity contribution in [2.45, 2.75) is 51.7 Å². The van der Waals surface area contributed by atoms with Crippen molar-refractivity contribution >= 4 is 17.5 Å². The second kappa shape index (κ2) is 7.92. The number of fused-ring (bicyclic) bond motifs is 1. The van der Waals surface area contributed by atoms with E-state index in [0.717, 1.165) is 12.0 Å². The number of nitrogens with one attached hydrogen (secondary N) is 1. The maximum atomic E-state index is 12.6. The summed E-state index contributed by atoms with van der Waals surface area (Å²) >= 11 is 5.98. The molecule has 0 saturated carbocycles. The van der Waals surface area contributed by atoms with Gasteiger partial charge in [-0.05, 0) is 67.5 Å². The van der Waals surface area contributed by atoms with Gasteiger partial charge < -0.3 is 10.1 Å². The zero-order valence-electron chi connectivity index (χ0n) is 14.7. The van der Waals surface area contributed by atoms with Gasteiger partial charge >= 0.3 is 0 Å². The topological polar surface area (TPSA) is 38.3 Å². The quantitative estimate of drug-likeness (QED) is 0.801. The van der Waals surface area contributed by atoms with Crippen LogP contribution in [0.2, 0.25) is 5.02 Å². The molecule has 0 bridgehead atoms. The summed E-state index contributed by atoms with van der Waals surface area (Å²) in [6.45, 7) is 3.95. The third-order valence-corrected chi connectivity index (χ3v) is 4.95. The maximum Gasteiger partial charge on any atom is 0.261 e. The highest BCUT2D eigenvalue weighted by Crippen LogP contribution is 2.25. The largest absolute Gasteiger partial charge is 0.481 e. The fourth-order valence-corrected chi connectivity index (χ4v) is 3.46. The van der Waals surface area contributed by atoms with Gasteiger partial charge in [-0.1, -0.05) is 42.8 Å². The summed E-state index contributed by atoms with van der Waals surface area (Å²) in [5.41, 5.74) is 4.01. The van der Waals surface area contributed by atoms with E-state index in [-0.39, 0.29) is 11.9 Å². The van der Waals surface area contributed by atoms with Gasteiger partial charge in [-0.2, -0.15) is 0 Å². The fraction of sp³-hybridized carbons (Fsp3) is 0.381. The van der Waals surface area contributed by atoms with Gasteiger partial charge in [-0.25, -0.2) is 0 Å². The van der Waals surface area contributed by atoms with Crippen LogP contribution in [0.3, 0.4) is 0 Å². The normalized spacial score (nSPS) is 15.3. The minimum absolute atomic E-state index is 0.0459. The molecule has 0 fully saturated rings. The fourth-order valence-electron chi connectivity index (χ4n) is 3.28. The van der Waals surface area contributed by atoms with E-state index in [2.05, 4.69) is 23.5 Å². The SMILES string of the molecule is CC[C@@H](Oc1cccc(Cl)c1)C(=O)N[C@H](C)c1ccc2c(c1)CCC2. The average molecular weight is 358 g/mol. The molecule has 132 valence electrons. The van der Waals surface area contributed by atoms with E-state index in [9.17, 15) is 4.79 Å². The molecule has 0 radical (unpaired) electrons. The molecule has 1 aliphatic carbocycles. The molecule has 0 aromatic heterocycles. The molecule has 1 N–H and O–H groups in total. The first kappa shape index (κ1) is 17.8. The summed E-state index contributed by atoms with van der Waals surface area (Å²) in [5.74, 6) is 0.509. The number of aryl methyl sites for hydroxylation is 2. The van der Waals surface area contributed by atoms with Crippen molar-refractivity contribution in [3.63, 3.8) is 0 Å². The van der Waals surface area contributed by atoms with Crippen LogP contribution in [0.15, 0.2) is 42.5 Å². The van der Waals surface area contributed by atoms with Crippen LogP contribution in [0, 0.1) is 0 Å². The molecule has 0 unspecified atom stereocenters. The molecule has 1 aliphatic rings. The van der Waals surface area contributed by atoms with Gasteiger partial charge in [0.25, 0.3) is 5.91 Å². The summed E-state index contributed by atoms with van der Waals surface area (Å²) in [6, 6.07) is 13.6. The number of ether oxygens (including phenoxy) is 1. The van der Waals surface area contributed by atoms with Crippen LogP contribution in [0.4, 0.5) is 0 Å². The first-order valence-electron chi connectivity index (χ1n) is 8.91. The first-order chi connectivity index (χ1) is 12.1. The Bertz CT molecular complexity index is 759. The number of carbonyl (C=O) groups excluding carboxylic acids is 1. The molecule has 4 heteroatoms. The Morgan fingerprint density at radius 1 is 1.20 bits per heavy atom. The number of halogens is 1. The number of hydrogen-bond donors (Lipinski definition) is 1. The van der Waals surface area contributed by atoms with Crippen molar-refractivity contribution < 1.29 is 9.53 Å². The van der Waals surface area contributed by atoms with Gasteiger partial charge in [-0.3, -0.25) is 4.79 Å². The molecule has 0 saturated heterocycles. The molecule has 1 amide bonds. The van der Waals surface area contributed by atoms with E-state index in [1.165, 1.54) is 24.0 Å². The van der Waals surface area contributed by atoms with Crippen LogP contribution in [-0.4, -0.2) is 12.0 Å². The number of benzene rings is 2. The lowest BCUT2D eigenvalue weighted by atomic mass is 10.0. The summed E-state index contributed by atoms with van der Waals surface area (Å²) in [5, 5.41) is 3.67. The Morgan fingerprint density at radius 2 is 2.00 bits per heavy atom. The number of carbonyl (C=O) groups is 1. The van der Waals surface area contributed by atoms with Crippen molar-refractivity contribution in [2.75, 3.05) is 0 Å². The van der Waals surface area contributed by atoms with Crippen molar-refractivity contribution in [1.29, 1.82) is 0 Å². The van der Waals surface area contributed by atoms with Crippen LogP contribution >= 0.6 is 11.6 Å². The van der Waals surface area contributed by atoms with Crippen molar-refractivity contribution in [2.24, 2.45) is 0 Å². The molecule has 0 aliphatic heterocycles. The first-order valence-corrected chi connectivity index (χ1v) is 9.29. The van der Waals surface area contributed by atoms with Crippen LogP contribution in [0.1, 0.15) is 49.4 Å². The molecule has 0 spiro atoms. The average Bonchev–Trinajstić information content (AvgIpc) is 3.07. The monoisotopic (exact) mass is 357 g/mol. The molecule has 2 aromatic rings. The second-order valence-electron chi connectivity index (χ2n) is 6.58. The van der Waals surface area contributed by atoms with Gasteiger partial charge in [0.1, 0.15) is 5.75 Å². The minimum Gasteiger partial charge on any atom is -0.481 e. The van der Waals surface area contributed by atoms with Gasteiger partial charge in [0.2, 0.25) is 0 Å². The lowest BCUT2D eigenvalue weighted by Gasteiger charge is -2.21. The van der Waals surface area contributed by atoms with Gasteiger partial charge in [0.05, 0.1) is 6.04 Å². The molecular weight excluding hydrogens is 334 g/mol. The molecule has 25 heavy (non-hydrogen) atoms. The molecule has 3 rings (SSSR count). The van der Waals surface area contributed by atoms with E-state index in [0.29, 0.717) is 17.2 Å². The standard InChI is InChI=1S/C21H24ClNO2/c1-3-20(25-19-9-5-8-18(22)13-19)21(24)23-14(2)16-11-10-15-6-4-7-17(15)12-16/h5,8-14,20H,3-4,6-7H2,1-2H3,(H,23,24)/t14-,20-/m1/s1. The second-order valence-corrected chi connectivity index (χ2v) is 7.02. The molecule has 3 nitrogen and oxygen atoms in total. The highest BCUT2D eigenvalue weighted by atomic mass is 35.5. The lowest BCUT2D eigenvalue weighted by Crippen LogP contribution is -2.39. The third-order valence-electron chi connectivity index (χ3n) is 4.72. The Balaban J connectivity index is 1.65. The predicted molar refractivity (Wildman–Crippen MR) is 101 cm³/mol. The van der Waals surface area contributed by atoms with E-state index in [1.807, 2.05) is 26.0 Å². The van der Waals surface area contributed by atoms with Crippen LogP contribution in [-0.2, 0) is 17.6 Å². The van der Waals surface area contributed by atoms with E-state index in [1.54, 1.807) is 12.1 Å². The van der Waals surface area contributed by atoms with Crippen LogP contribution < -0.4 is 10.1 Å². The Kier molecular flexibility index (Phi) is 5.64. The van der Waals surface area contributed by atoms with Gasteiger partial charge in [0.15, 0.2) is 6.10 Å². The molecule has 2 aromatic carbocycles. The van der Waals surface area contributed by atoms with Crippen molar-refractivity contribution in [1.82, 2.24) is 5.32 Å². The summed E-state index contributed by atoms with van der Waals surface area (Å²) < 4.78 is 5.82. The van der Waals surface area contributed by atoms with Crippen LogP contribution in [0.25, 0.3) is 0 Å². The molecule has 2 atom stereocenters. The molecular formula is C21H24ClNO2. The van der Waals surface area contributed by atoms with Gasteiger partial charge in [-0.15, -0.1) is 0 Å². The predicted octanol–water partition coefficient (Wildman–Crippen LogP) is 4.86. The number of rotatable bonds is 6. The number of hydrogen-bond acceptors (Lipinski definition) is 2. The van der Waals surface area contributed by atoms with E-state index < -0.39 is 6.10 Å². The highest BCUT2D eigenvalue weighted by Gasteiger charge is 2.21. The summed E-state index contributed by atoms with van der Waals surface area (Å²) in [6.07, 6.45) is 3.59. The zero-order valence-corrected chi connectivity index (χ0v) is 15.5. The third kappa shape index (κ3) is 4.35. The summed E-state index contributed by atoms with van der Waals surface area (Å²) in [7, 11) is 0. The van der Waals surface area contributed by atoms with E-state index >= 15 is 0 Å². The van der Waals surface area contributed by atoms with Gasteiger partial charge in [0, 0.05) is 5.02 Å². The summed E-state index contributed by atoms with van der Waals surface area (Å²) in [4.78, 5) is 12.6. The molecule has 0 heterocycles. The minimum atomic E-state index is -0.532. The maximum absolute atomic E-state index is 12.6. The van der Waals surface area contributed by atoms with E-state index in [4.69, 9.17) is 16.3 Å². The Hall–Kier alpha value is -2.00. The smallest absolute Gasteiger partial charge is 0.261 e. The number of amides is 1. The van der Waals surface area contributed by atoms with Crippen molar-refractivity contribution in [3.05, 3.63) is 64.2 Å². The zero-order chi connectivity index (χ0) is 17.8. The van der Waals surface area contributed by atoms with Crippen molar-refractivity contribution in [3.8, 4) is 5.75 Å².